The van der Waals surface area contributed by atoms with E-state index in [-0.39, 0.29) is 0 Å². The van der Waals surface area contributed by atoms with Gasteiger partial charge in [-0.15, -0.1) is 0 Å². The number of rotatable bonds is 6. The monoisotopic (exact) mass is 394 g/mol. The molecular formula is C20H36B2O6. The van der Waals surface area contributed by atoms with Gasteiger partial charge in [-0.1, -0.05) is 19.8 Å². The standard InChI is InChI=1S/C20H36B2O6/c1-11-12-13-14(21-25-17(2,3)18(4,5)26-21)15(16(23)24-10)22-27-19(6,7)20(8,9)28-22/h11-13H2,1-10H3/b15-14-. The highest BCUT2D eigenvalue weighted by atomic mass is 16.7. The Kier molecular flexibility index (Phi) is 6.52. The summed E-state index contributed by atoms with van der Waals surface area (Å²) in [5.74, 6) is -0.473. The second-order valence-electron chi connectivity index (χ2n) is 9.71. The molecule has 0 unspecified atom stereocenters. The first-order valence-electron chi connectivity index (χ1n) is 10.2. The zero-order valence-electron chi connectivity index (χ0n) is 19.2. The summed E-state index contributed by atoms with van der Waals surface area (Å²) >= 11 is 0. The minimum Gasteiger partial charge on any atom is -0.466 e. The van der Waals surface area contributed by atoms with Crippen molar-refractivity contribution in [3.63, 3.8) is 0 Å². The van der Waals surface area contributed by atoms with E-state index in [0.717, 1.165) is 18.3 Å². The molecular weight excluding hydrogens is 358 g/mol. The first-order chi connectivity index (χ1) is 12.7. The molecule has 158 valence electrons. The molecule has 2 aliphatic rings. The fraction of sp³-hybridized carbons (Fsp3) is 0.850. The molecule has 2 rings (SSSR count). The fourth-order valence-electron chi connectivity index (χ4n) is 3.18. The van der Waals surface area contributed by atoms with E-state index in [4.69, 9.17) is 23.4 Å². The molecule has 8 heteroatoms. The van der Waals surface area contributed by atoms with Gasteiger partial charge in [0.25, 0.3) is 0 Å². The lowest BCUT2D eigenvalue weighted by atomic mass is 9.63. The predicted octanol–water partition coefficient (Wildman–Crippen LogP) is 3.91. The molecule has 0 N–H and O–H groups in total. The third-order valence-electron chi connectivity index (χ3n) is 6.58. The van der Waals surface area contributed by atoms with E-state index in [1.165, 1.54) is 7.11 Å². The number of esters is 1. The molecule has 28 heavy (non-hydrogen) atoms. The highest BCUT2D eigenvalue weighted by Crippen LogP contribution is 2.43. The van der Waals surface area contributed by atoms with Gasteiger partial charge in [0, 0.05) is 0 Å². The minimum atomic E-state index is -0.830. The summed E-state index contributed by atoms with van der Waals surface area (Å²) in [6.07, 6.45) is 2.50. The zero-order valence-corrected chi connectivity index (χ0v) is 19.2. The molecule has 0 aromatic carbocycles. The van der Waals surface area contributed by atoms with Crippen LogP contribution in [0, 0.1) is 0 Å². The summed E-state index contributed by atoms with van der Waals surface area (Å²) in [7, 11) is -0.108. The van der Waals surface area contributed by atoms with Crippen LogP contribution in [-0.4, -0.2) is 49.7 Å². The highest BCUT2D eigenvalue weighted by molar-refractivity contribution is 6.67. The third-order valence-corrected chi connectivity index (χ3v) is 6.58. The van der Waals surface area contributed by atoms with Gasteiger partial charge in [-0.25, -0.2) is 4.79 Å². The van der Waals surface area contributed by atoms with Crippen LogP contribution in [0.3, 0.4) is 0 Å². The maximum absolute atomic E-state index is 12.9. The Morgan fingerprint density at radius 1 is 0.786 bits per heavy atom. The van der Waals surface area contributed by atoms with Crippen LogP contribution in [0.5, 0.6) is 0 Å². The molecule has 2 saturated heterocycles. The van der Waals surface area contributed by atoms with Crippen molar-refractivity contribution in [1.29, 1.82) is 0 Å². The number of hydrogen-bond acceptors (Lipinski definition) is 6. The first-order valence-corrected chi connectivity index (χ1v) is 10.2. The molecule has 0 aromatic rings. The summed E-state index contributed by atoms with van der Waals surface area (Å²) in [5, 5.41) is 0. The molecule has 0 amide bonds. The molecule has 2 aliphatic heterocycles. The number of carbonyl (C=O) groups excluding carboxylic acids is 1. The summed E-state index contributed by atoms with van der Waals surface area (Å²) in [5.41, 5.74) is -1.05. The van der Waals surface area contributed by atoms with Crippen molar-refractivity contribution < 1.29 is 28.1 Å². The van der Waals surface area contributed by atoms with Crippen LogP contribution in [0.25, 0.3) is 0 Å². The molecule has 2 fully saturated rings. The van der Waals surface area contributed by atoms with E-state index in [1.54, 1.807) is 0 Å². The topological polar surface area (TPSA) is 63.2 Å². The molecule has 0 radical (unpaired) electrons. The number of methoxy groups -OCH3 is 1. The van der Waals surface area contributed by atoms with E-state index in [1.807, 2.05) is 55.4 Å². The van der Waals surface area contributed by atoms with Crippen molar-refractivity contribution in [3.05, 3.63) is 10.9 Å². The molecule has 0 aliphatic carbocycles. The van der Waals surface area contributed by atoms with E-state index < -0.39 is 42.6 Å². The Bertz CT molecular complexity index is 607. The number of carbonyl (C=O) groups is 1. The SMILES string of the molecule is CCCC/C(B1OC(C)(C)C(C)(C)O1)=C(/B1OC(C)(C)C(C)(C)O1)C(=O)OC. The van der Waals surface area contributed by atoms with E-state index in [0.29, 0.717) is 11.9 Å². The molecule has 6 nitrogen and oxygen atoms in total. The third kappa shape index (κ3) is 4.20. The summed E-state index contributed by atoms with van der Waals surface area (Å²) < 4.78 is 30.0. The smallest absolute Gasteiger partial charge is 0.466 e. The van der Waals surface area contributed by atoms with Gasteiger partial charge in [0.15, 0.2) is 0 Å². The van der Waals surface area contributed by atoms with Crippen molar-refractivity contribution in [3.8, 4) is 0 Å². The number of allylic oxidation sites excluding steroid dienone is 1. The normalized spacial score (nSPS) is 25.6. The number of unbranched alkanes of at least 4 members (excludes halogenated alkanes) is 1. The maximum atomic E-state index is 12.9. The molecule has 0 spiro atoms. The van der Waals surface area contributed by atoms with Gasteiger partial charge >= 0.3 is 20.2 Å². The molecule has 0 atom stereocenters. The summed E-state index contributed by atoms with van der Waals surface area (Å²) in [6, 6.07) is 0. The molecule has 0 saturated carbocycles. The Balaban J connectivity index is 2.54. The largest absolute Gasteiger partial charge is 0.501 e. The Labute approximate surface area is 170 Å². The minimum absolute atomic E-state index is 0.355. The van der Waals surface area contributed by atoms with Crippen LogP contribution in [0.1, 0.15) is 81.6 Å². The van der Waals surface area contributed by atoms with Crippen LogP contribution in [0.4, 0.5) is 0 Å². The summed E-state index contributed by atoms with van der Waals surface area (Å²) in [6.45, 7) is 17.9. The molecule has 0 aromatic heterocycles. The zero-order chi connectivity index (χ0) is 21.5. The summed E-state index contributed by atoms with van der Waals surface area (Å²) in [4.78, 5) is 12.9. The first kappa shape index (κ1) is 23.5. The lowest BCUT2D eigenvalue weighted by Gasteiger charge is -2.32. The van der Waals surface area contributed by atoms with Gasteiger partial charge in [-0.2, -0.15) is 0 Å². The Morgan fingerprint density at radius 2 is 1.18 bits per heavy atom. The van der Waals surface area contributed by atoms with Gasteiger partial charge in [-0.3, -0.25) is 0 Å². The van der Waals surface area contributed by atoms with Crippen LogP contribution in [0.15, 0.2) is 10.9 Å². The van der Waals surface area contributed by atoms with Crippen molar-refractivity contribution >= 4 is 20.2 Å². The second-order valence-corrected chi connectivity index (χ2v) is 9.71. The number of hydrogen-bond donors (Lipinski definition) is 0. The second kappa shape index (κ2) is 7.78. The Morgan fingerprint density at radius 3 is 1.54 bits per heavy atom. The van der Waals surface area contributed by atoms with Gasteiger partial charge in [0.1, 0.15) is 0 Å². The van der Waals surface area contributed by atoms with Crippen LogP contribution in [0.2, 0.25) is 0 Å². The lowest BCUT2D eigenvalue weighted by molar-refractivity contribution is -0.135. The average Bonchev–Trinajstić information content (AvgIpc) is 2.89. The van der Waals surface area contributed by atoms with Crippen molar-refractivity contribution in [1.82, 2.24) is 0 Å². The predicted molar refractivity (Wildman–Crippen MR) is 111 cm³/mol. The number of ether oxygens (including phenoxy) is 1. The van der Waals surface area contributed by atoms with Crippen molar-refractivity contribution in [2.24, 2.45) is 0 Å². The van der Waals surface area contributed by atoms with E-state index >= 15 is 0 Å². The Hall–Kier alpha value is -0.820. The van der Waals surface area contributed by atoms with Gasteiger partial charge in [0.2, 0.25) is 0 Å². The van der Waals surface area contributed by atoms with Gasteiger partial charge in [0.05, 0.1) is 35.0 Å². The van der Waals surface area contributed by atoms with Gasteiger partial charge < -0.3 is 23.4 Å². The van der Waals surface area contributed by atoms with Crippen LogP contribution >= 0.6 is 0 Å². The van der Waals surface area contributed by atoms with Gasteiger partial charge in [-0.05, 0) is 67.3 Å². The fourth-order valence-corrected chi connectivity index (χ4v) is 3.18. The average molecular weight is 394 g/mol. The maximum Gasteiger partial charge on any atom is 0.501 e. The van der Waals surface area contributed by atoms with Crippen LogP contribution in [-0.2, 0) is 28.1 Å². The van der Waals surface area contributed by atoms with Crippen LogP contribution < -0.4 is 0 Å². The quantitative estimate of drug-likeness (QED) is 0.387. The highest BCUT2D eigenvalue weighted by Gasteiger charge is 2.58. The van der Waals surface area contributed by atoms with E-state index in [2.05, 4.69) is 6.92 Å². The molecule has 2 heterocycles. The van der Waals surface area contributed by atoms with E-state index in [9.17, 15) is 4.79 Å². The lowest BCUT2D eigenvalue weighted by Crippen LogP contribution is -2.41. The molecule has 0 bridgehead atoms. The van der Waals surface area contributed by atoms with Crippen molar-refractivity contribution in [2.45, 2.75) is 104 Å². The van der Waals surface area contributed by atoms with Crippen molar-refractivity contribution in [2.75, 3.05) is 7.11 Å².